The highest BCUT2D eigenvalue weighted by Gasteiger charge is 2.49. The molecule has 29 heavy (non-hydrogen) atoms. The second kappa shape index (κ2) is 9.85. The first-order valence-corrected chi connectivity index (χ1v) is 11.8. The van der Waals surface area contributed by atoms with Crippen molar-refractivity contribution < 1.29 is 24.2 Å². The van der Waals surface area contributed by atoms with Gasteiger partial charge in [-0.3, -0.25) is 9.59 Å². The number of carboxylic acid groups (broad SMARTS) is 2. The molecule has 2 N–H and O–H groups in total. The third-order valence-corrected chi connectivity index (χ3v) is 10.2. The third kappa shape index (κ3) is 5.55. The molecule has 0 aliphatic rings. The Labute approximate surface area is 173 Å². The van der Waals surface area contributed by atoms with E-state index in [9.17, 15) is 14.7 Å². The van der Waals surface area contributed by atoms with Gasteiger partial charge in [0.05, 0.1) is 12.3 Å². The predicted octanol–water partition coefficient (Wildman–Crippen LogP) is 3.52. The highest BCUT2D eigenvalue weighted by molar-refractivity contribution is 6.99. The maximum atomic E-state index is 11.3. The summed E-state index contributed by atoms with van der Waals surface area (Å²) in [5.41, 5.74) is 0. The molecule has 0 aliphatic heterocycles. The first kappa shape index (κ1) is 22.8. The van der Waals surface area contributed by atoms with Gasteiger partial charge in [-0.05, 0) is 28.3 Å². The van der Waals surface area contributed by atoms with Gasteiger partial charge in [-0.25, -0.2) is 0 Å². The van der Waals surface area contributed by atoms with Crippen molar-refractivity contribution >= 4 is 30.6 Å². The van der Waals surface area contributed by atoms with Crippen molar-refractivity contribution in [3.8, 4) is 0 Å². The second-order valence-electron chi connectivity index (χ2n) is 8.29. The van der Waals surface area contributed by atoms with Crippen LogP contribution in [0.4, 0.5) is 0 Å². The van der Waals surface area contributed by atoms with E-state index in [4.69, 9.17) is 9.53 Å². The fourth-order valence-electron chi connectivity index (χ4n) is 3.84. The van der Waals surface area contributed by atoms with E-state index < -0.39 is 26.2 Å². The molecule has 5 nitrogen and oxygen atoms in total. The van der Waals surface area contributed by atoms with Gasteiger partial charge in [0.15, 0.2) is 0 Å². The molecule has 0 saturated heterocycles. The first-order valence-electron chi connectivity index (χ1n) is 9.88. The quantitative estimate of drug-likeness (QED) is 0.459. The normalized spacial score (nSPS) is 13.1. The van der Waals surface area contributed by atoms with Crippen molar-refractivity contribution in [3.05, 3.63) is 60.7 Å². The minimum Gasteiger partial charge on any atom is -0.481 e. The average molecular weight is 415 g/mol. The molecule has 0 fully saturated rings. The molecule has 0 aliphatic carbocycles. The maximum absolute atomic E-state index is 11.3. The molecule has 0 saturated carbocycles. The molecular formula is C23H30O5Si. The fraction of sp³-hybridized carbons (Fsp3) is 0.391. The lowest BCUT2D eigenvalue weighted by Gasteiger charge is -2.43. The van der Waals surface area contributed by atoms with E-state index in [1.807, 2.05) is 36.4 Å². The van der Waals surface area contributed by atoms with E-state index in [0.717, 1.165) is 0 Å². The van der Waals surface area contributed by atoms with E-state index in [2.05, 4.69) is 45.0 Å². The van der Waals surface area contributed by atoms with Crippen molar-refractivity contribution in [3.63, 3.8) is 0 Å². The van der Waals surface area contributed by atoms with Gasteiger partial charge in [-0.1, -0.05) is 81.4 Å². The summed E-state index contributed by atoms with van der Waals surface area (Å²) < 4.78 is 6.70. The molecule has 2 aromatic carbocycles. The Morgan fingerprint density at radius 2 is 1.41 bits per heavy atom. The number of hydrogen-bond donors (Lipinski definition) is 2. The van der Waals surface area contributed by atoms with Crippen LogP contribution in [0.25, 0.3) is 0 Å². The van der Waals surface area contributed by atoms with Crippen molar-refractivity contribution in [2.45, 2.75) is 45.1 Å². The van der Waals surface area contributed by atoms with Crippen LogP contribution in [0.2, 0.25) is 5.04 Å². The Morgan fingerprint density at radius 3 is 1.79 bits per heavy atom. The van der Waals surface area contributed by atoms with Gasteiger partial charge in [0.25, 0.3) is 8.32 Å². The van der Waals surface area contributed by atoms with Crippen LogP contribution >= 0.6 is 0 Å². The molecule has 6 heteroatoms. The number of hydrogen-bond acceptors (Lipinski definition) is 3. The van der Waals surface area contributed by atoms with Gasteiger partial charge in [-0.15, -0.1) is 0 Å². The van der Waals surface area contributed by atoms with Crippen LogP contribution < -0.4 is 10.4 Å². The fourth-order valence-corrected chi connectivity index (χ4v) is 8.45. The largest absolute Gasteiger partial charge is 0.481 e. The SMILES string of the molecule is CC(C)(C)[Si](OCCCC(CC(=O)O)C(=O)O)(c1ccccc1)c1ccccc1. The lowest BCUT2D eigenvalue weighted by molar-refractivity contribution is -0.148. The molecule has 1 unspecified atom stereocenters. The molecular weight excluding hydrogens is 384 g/mol. The Morgan fingerprint density at radius 1 is 0.931 bits per heavy atom. The number of rotatable bonds is 10. The molecule has 2 aromatic rings. The van der Waals surface area contributed by atoms with Crippen LogP contribution in [-0.4, -0.2) is 37.1 Å². The highest BCUT2D eigenvalue weighted by Crippen LogP contribution is 2.36. The Balaban J connectivity index is 2.29. The minimum atomic E-state index is -2.64. The zero-order valence-electron chi connectivity index (χ0n) is 17.3. The predicted molar refractivity (Wildman–Crippen MR) is 116 cm³/mol. The van der Waals surface area contributed by atoms with Gasteiger partial charge >= 0.3 is 11.9 Å². The Bertz CT molecular complexity index is 760. The number of benzene rings is 2. The van der Waals surface area contributed by atoms with Crippen LogP contribution in [0.5, 0.6) is 0 Å². The number of aliphatic carboxylic acids is 2. The van der Waals surface area contributed by atoms with Crippen LogP contribution in [0.1, 0.15) is 40.0 Å². The van der Waals surface area contributed by atoms with E-state index in [-0.39, 0.29) is 17.9 Å². The topological polar surface area (TPSA) is 83.8 Å². The molecule has 2 rings (SSSR count). The lowest BCUT2D eigenvalue weighted by atomic mass is 10.0. The summed E-state index contributed by atoms with van der Waals surface area (Å²) in [7, 11) is -2.64. The molecule has 1 atom stereocenters. The van der Waals surface area contributed by atoms with Crippen LogP contribution in [0.15, 0.2) is 60.7 Å². The Kier molecular flexibility index (Phi) is 7.76. The van der Waals surface area contributed by atoms with Crippen molar-refractivity contribution in [2.75, 3.05) is 6.61 Å². The molecule has 0 amide bonds. The van der Waals surface area contributed by atoms with E-state index in [1.54, 1.807) is 0 Å². The second-order valence-corrected chi connectivity index (χ2v) is 12.6. The van der Waals surface area contributed by atoms with Crippen LogP contribution in [0, 0.1) is 5.92 Å². The monoisotopic (exact) mass is 414 g/mol. The molecule has 0 aromatic heterocycles. The summed E-state index contributed by atoms with van der Waals surface area (Å²) in [6.45, 7) is 6.94. The summed E-state index contributed by atoms with van der Waals surface area (Å²) in [5, 5.41) is 20.4. The van der Waals surface area contributed by atoms with Gasteiger partial charge in [-0.2, -0.15) is 0 Å². The number of carboxylic acids is 2. The average Bonchev–Trinajstić information content (AvgIpc) is 2.67. The summed E-state index contributed by atoms with van der Waals surface area (Å²) in [5.74, 6) is -3.06. The zero-order valence-corrected chi connectivity index (χ0v) is 18.3. The standard InChI is InChI=1S/C23H30O5Si/c1-23(2,3)29(19-12-6-4-7-13-19,20-14-8-5-9-15-20)28-16-10-11-18(22(26)27)17-21(24)25/h4-9,12-15,18H,10-11,16-17H2,1-3H3,(H,24,25)(H,26,27). The zero-order chi connectivity index (χ0) is 21.5. The highest BCUT2D eigenvalue weighted by atomic mass is 28.4. The van der Waals surface area contributed by atoms with Gasteiger partial charge in [0.2, 0.25) is 0 Å². The molecule has 0 spiro atoms. The number of carbonyl (C=O) groups is 2. The molecule has 0 bridgehead atoms. The van der Waals surface area contributed by atoms with Crippen molar-refractivity contribution in [1.82, 2.24) is 0 Å². The Hall–Kier alpha value is -2.44. The third-order valence-electron chi connectivity index (χ3n) is 5.20. The molecule has 0 heterocycles. The van der Waals surface area contributed by atoms with Crippen LogP contribution in [-0.2, 0) is 14.0 Å². The first-order chi connectivity index (χ1) is 13.7. The van der Waals surface area contributed by atoms with Crippen LogP contribution in [0.3, 0.4) is 0 Å². The smallest absolute Gasteiger partial charge is 0.307 e. The summed E-state index contributed by atoms with van der Waals surface area (Å²) in [6, 6.07) is 20.5. The summed E-state index contributed by atoms with van der Waals surface area (Å²) in [4.78, 5) is 22.3. The molecule has 0 radical (unpaired) electrons. The lowest BCUT2D eigenvalue weighted by Crippen LogP contribution is -2.66. The summed E-state index contributed by atoms with van der Waals surface area (Å²) in [6.07, 6.45) is 0.406. The van der Waals surface area contributed by atoms with Gasteiger partial charge in [0, 0.05) is 6.61 Å². The van der Waals surface area contributed by atoms with Crippen molar-refractivity contribution in [1.29, 1.82) is 0 Å². The van der Waals surface area contributed by atoms with Gasteiger partial charge in [0.1, 0.15) is 0 Å². The van der Waals surface area contributed by atoms with E-state index >= 15 is 0 Å². The van der Waals surface area contributed by atoms with Gasteiger partial charge < -0.3 is 14.6 Å². The van der Waals surface area contributed by atoms with E-state index in [1.165, 1.54) is 10.4 Å². The summed E-state index contributed by atoms with van der Waals surface area (Å²) >= 11 is 0. The van der Waals surface area contributed by atoms with Crippen molar-refractivity contribution in [2.24, 2.45) is 5.92 Å². The molecule has 156 valence electrons. The van der Waals surface area contributed by atoms with E-state index in [0.29, 0.717) is 13.0 Å². The minimum absolute atomic E-state index is 0.150. The maximum Gasteiger partial charge on any atom is 0.307 e.